The van der Waals surface area contributed by atoms with Crippen molar-refractivity contribution in [1.82, 2.24) is 4.31 Å². The third-order valence-electron chi connectivity index (χ3n) is 4.87. The quantitative estimate of drug-likeness (QED) is 0.601. The maximum absolute atomic E-state index is 13.1. The van der Waals surface area contributed by atoms with Gasteiger partial charge in [-0.3, -0.25) is 4.79 Å². The van der Waals surface area contributed by atoms with Crippen LogP contribution in [0.4, 0.5) is 5.69 Å². The van der Waals surface area contributed by atoms with Gasteiger partial charge in [-0.15, -0.1) is 0 Å². The van der Waals surface area contributed by atoms with Crippen molar-refractivity contribution in [3.8, 4) is 17.2 Å². The van der Waals surface area contributed by atoms with E-state index in [2.05, 4.69) is 5.32 Å². The number of ether oxygens (including phenoxy) is 4. The highest BCUT2D eigenvalue weighted by atomic mass is 32.2. The number of carbonyl (C=O) groups excluding carboxylic acids is 1. The number of nitrogens with one attached hydrogen (secondary N) is 1. The summed E-state index contributed by atoms with van der Waals surface area (Å²) in [7, 11) is 0.677. The van der Waals surface area contributed by atoms with E-state index in [1.165, 1.54) is 36.7 Å². The lowest BCUT2D eigenvalue weighted by Crippen LogP contribution is -2.40. The molecule has 1 aliphatic rings. The molecule has 1 saturated heterocycles. The van der Waals surface area contributed by atoms with Crippen LogP contribution < -0.4 is 19.5 Å². The van der Waals surface area contributed by atoms with Crippen molar-refractivity contribution in [2.24, 2.45) is 0 Å². The SMILES string of the molecule is COc1ccc(OC)c(/C=C/C(=O)Nc2ccc(OC)c(S(=O)(=O)N3CCOCC3)c2)c1. The fraction of sp³-hybridized carbons (Fsp3) is 0.318. The Morgan fingerprint density at radius 1 is 1.00 bits per heavy atom. The molecule has 10 heteroatoms. The number of hydrogen-bond acceptors (Lipinski definition) is 7. The normalized spacial score (nSPS) is 14.8. The van der Waals surface area contributed by atoms with Crippen LogP contribution >= 0.6 is 0 Å². The fourth-order valence-electron chi connectivity index (χ4n) is 3.20. The van der Waals surface area contributed by atoms with E-state index in [9.17, 15) is 13.2 Å². The number of hydrogen-bond donors (Lipinski definition) is 1. The molecule has 0 radical (unpaired) electrons. The van der Waals surface area contributed by atoms with Crippen LogP contribution in [-0.4, -0.2) is 66.3 Å². The number of carbonyl (C=O) groups is 1. The smallest absolute Gasteiger partial charge is 0.248 e. The van der Waals surface area contributed by atoms with Gasteiger partial charge in [0.15, 0.2) is 0 Å². The van der Waals surface area contributed by atoms with Gasteiger partial charge in [0.25, 0.3) is 0 Å². The Bertz CT molecular complexity index is 1090. The molecule has 2 aromatic rings. The topological polar surface area (TPSA) is 103 Å². The number of sulfonamides is 1. The molecule has 1 N–H and O–H groups in total. The fourth-order valence-corrected chi connectivity index (χ4v) is 4.79. The number of nitrogens with zero attached hydrogens (tertiary/aromatic N) is 1. The van der Waals surface area contributed by atoms with Crippen LogP contribution in [0.2, 0.25) is 0 Å². The first kappa shape index (κ1) is 23.6. The predicted molar refractivity (Wildman–Crippen MR) is 120 cm³/mol. The van der Waals surface area contributed by atoms with Crippen molar-refractivity contribution < 1.29 is 32.2 Å². The number of rotatable bonds is 8. The zero-order valence-electron chi connectivity index (χ0n) is 18.2. The van der Waals surface area contributed by atoms with Crippen molar-refractivity contribution >= 4 is 27.7 Å². The van der Waals surface area contributed by atoms with Crippen molar-refractivity contribution in [2.45, 2.75) is 4.90 Å². The Morgan fingerprint density at radius 3 is 2.34 bits per heavy atom. The molecule has 32 heavy (non-hydrogen) atoms. The molecule has 0 aliphatic carbocycles. The Balaban J connectivity index is 1.81. The van der Waals surface area contributed by atoms with E-state index in [4.69, 9.17) is 18.9 Å². The molecule has 1 fully saturated rings. The van der Waals surface area contributed by atoms with Crippen LogP contribution in [0.5, 0.6) is 17.2 Å². The van der Waals surface area contributed by atoms with E-state index >= 15 is 0 Å². The van der Waals surface area contributed by atoms with Crippen LogP contribution in [0.15, 0.2) is 47.4 Å². The third kappa shape index (κ3) is 5.39. The highest BCUT2D eigenvalue weighted by Gasteiger charge is 2.29. The van der Waals surface area contributed by atoms with Crippen LogP contribution in [0.1, 0.15) is 5.56 Å². The van der Waals surface area contributed by atoms with Gasteiger partial charge in [0.2, 0.25) is 15.9 Å². The predicted octanol–water partition coefficient (Wildman–Crippen LogP) is 2.39. The summed E-state index contributed by atoms with van der Waals surface area (Å²) >= 11 is 0. The van der Waals surface area contributed by atoms with Gasteiger partial charge in [-0.25, -0.2) is 8.42 Å². The molecule has 0 bridgehead atoms. The monoisotopic (exact) mass is 462 g/mol. The molecule has 0 atom stereocenters. The standard InChI is InChI=1S/C22H26N2O7S/c1-28-18-6-8-19(29-2)16(14-18)4-9-22(25)23-17-5-7-20(30-3)21(15-17)32(26,27)24-10-12-31-13-11-24/h4-9,14-15H,10-13H2,1-3H3,(H,23,25)/b9-4+. The first-order chi connectivity index (χ1) is 15.4. The highest BCUT2D eigenvalue weighted by molar-refractivity contribution is 7.89. The van der Waals surface area contributed by atoms with E-state index in [-0.39, 0.29) is 23.7 Å². The first-order valence-electron chi connectivity index (χ1n) is 9.86. The Hall–Kier alpha value is -3.08. The average Bonchev–Trinajstić information content (AvgIpc) is 2.83. The summed E-state index contributed by atoms with van der Waals surface area (Å²) < 4.78 is 48.5. The Kier molecular flexibility index (Phi) is 7.73. The van der Waals surface area contributed by atoms with Gasteiger partial charge in [-0.2, -0.15) is 4.31 Å². The summed E-state index contributed by atoms with van der Waals surface area (Å²) in [5, 5.41) is 2.68. The lowest BCUT2D eigenvalue weighted by molar-refractivity contribution is -0.111. The second-order valence-electron chi connectivity index (χ2n) is 6.81. The van der Waals surface area contributed by atoms with Crippen molar-refractivity contribution in [3.63, 3.8) is 0 Å². The molecule has 2 aromatic carbocycles. The van der Waals surface area contributed by atoms with E-state index in [1.54, 1.807) is 37.5 Å². The van der Waals surface area contributed by atoms with Gasteiger partial charge in [0.1, 0.15) is 22.1 Å². The summed E-state index contributed by atoms with van der Waals surface area (Å²) in [4.78, 5) is 12.5. The third-order valence-corrected chi connectivity index (χ3v) is 6.79. The Labute approximate surface area is 187 Å². The first-order valence-corrected chi connectivity index (χ1v) is 11.3. The molecule has 0 spiro atoms. The minimum absolute atomic E-state index is 0.0156. The zero-order chi connectivity index (χ0) is 23.1. The second-order valence-corrected chi connectivity index (χ2v) is 8.72. The Morgan fingerprint density at radius 2 is 1.69 bits per heavy atom. The molecule has 0 saturated carbocycles. The van der Waals surface area contributed by atoms with Crippen molar-refractivity contribution in [1.29, 1.82) is 0 Å². The second kappa shape index (κ2) is 10.5. The molecule has 172 valence electrons. The average molecular weight is 463 g/mol. The van der Waals surface area contributed by atoms with Crippen molar-refractivity contribution in [2.75, 3.05) is 52.9 Å². The molecule has 9 nitrogen and oxygen atoms in total. The minimum Gasteiger partial charge on any atom is -0.497 e. The lowest BCUT2D eigenvalue weighted by Gasteiger charge is -2.26. The summed E-state index contributed by atoms with van der Waals surface area (Å²) in [6, 6.07) is 9.71. The summed E-state index contributed by atoms with van der Waals surface area (Å²) in [6.45, 7) is 1.17. The molecule has 0 unspecified atom stereocenters. The summed E-state index contributed by atoms with van der Waals surface area (Å²) in [5.74, 6) is 0.970. The molecule has 1 heterocycles. The van der Waals surface area contributed by atoms with E-state index in [1.807, 2.05) is 0 Å². The van der Waals surface area contributed by atoms with Gasteiger partial charge < -0.3 is 24.3 Å². The van der Waals surface area contributed by atoms with Crippen LogP contribution in [-0.2, 0) is 19.6 Å². The number of morpholine rings is 1. The van der Waals surface area contributed by atoms with E-state index in [0.29, 0.717) is 36.0 Å². The molecular formula is C22H26N2O7S. The number of methoxy groups -OCH3 is 3. The molecule has 1 aliphatic heterocycles. The van der Waals surface area contributed by atoms with Crippen LogP contribution in [0.25, 0.3) is 6.08 Å². The maximum atomic E-state index is 13.1. The number of benzene rings is 2. The van der Waals surface area contributed by atoms with Gasteiger partial charge >= 0.3 is 0 Å². The van der Waals surface area contributed by atoms with Crippen molar-refractivity contribution in [3.05, 3.63) is 48.0 Å². The molecule has 1 amide bonds. The van der Waals surface area contributed by atoms with Crippen LogP contribution in [0.3, 0.4) is 0 Å². The van der Waals surface area contributed by atoms with Gasteiger partial charge in [0.05, 0.1) is 34.5 Å². The molecule has 3 rings (SSSR count). The summed E-state index contributed by atoms with van der Waals surface area (Å²) in [5.41, 5.74) is 0.984. The van der Waals surface area contributed by atoms with E-state index in [0.717, 1.165) is 0 Å². The van der Waals surface area contributed by atoms with Gasteiger partial charge in [-0.05, 0) is 42.5 Å². The molecule has 0 aromatic heterocycles. The highest BCUT2D eigenvalue weighted by Crippen LogP contribution is 2.30. The lowest BCUT2D eigenvalue weighted by atomic mass is 10.1. The number of anilines is 1. The zero-order valence-corrected chi connectivity index (χ0v) is 19.0. The summed E-state index contributed by atoms with van der Waals surface area (Å²) in [6.07, 6.45) is 2.92. The largest absolute Gasteiger partial charge is 0.497 e. The number of amides is 1. The van der Waals surface area contributed by atoms with Crippen LogP contribution in [0, 0.1) is 0 Å². The minimum atomic E-state index is -3.81. The maximum Gasteiger partial charge on any atom is 0.248 e. The van der Waals surface area contributed by atoms with Gasteiger partial charge in [0, 0.05) is 30.4 Å². The molecular weight excluding hydrogens is 436 g/mol. The van der Waals surface area contributed by atoms with Gasteiger partial charge in [-0.1, -0.05) is 0 Å². The van der Waals surface area contributed by atoms with E-state index < -0.39 is 15.9 Å².